The first-order valence-corrected chi connectivity index (χ1v) is 8.80. The van der Waals surface area contributed by atoms with E-state index in [9.17, 15) is 0 Å². The van der Waals surface area contributed by atoms with Crippen LogP contribution in [0.3, 0.4) is 0 Å². The van der Waals surface area contributed by atoms with Gasteiger partial charge in [0.15, 0.2) is 0 Å². The number of rotatable bonds is 8. The van der Waals surface area contributed by atoms with Crippen LogP contribution in [0.4, 0.5) is 17.5 Å². The van der Waals surface area contributed by atoms with E-state index in [0.717, 1.165) is 29.4 Å². The summed E-state index contributed by atoms with van der Waals surface area (Å²) < 4.78 is 5.81. The molecule has 0 saturated heterocycles. The second-order valence-electron chi connectivity index (χ2n) is 6.46. The highest BCUT2D eigenvalue weighted by Crippen LogP contribution is 2.20. The molecule has 0 amide bonds. The van der Waals surface area contributed by atoms with Crippen LogP contribution in [0.25, 0.3) is 0 Å². The summed E-state index contributed by atoms with van der Waals surface area (Å²) >= 11 is 0. The van der Waals surface area contributed by atoms with Crippen LogP contribution in [0.1, 0.15) is 19.4 Å². The molecular formula is C21H24N4O. The normalized spacial score (nSPS) is 10.6. The fourth-order valence-corrected chi connectivity index (χ4v) is 2.33. The maximum Gasteiger partial charge on any atom is 0.224 e. The van der Waals surface area contributed by atoms with E-state index in [4.69, 9.17) is 4.74 Å². The molecule has 2 aromatic carbocycles. The summed E-state index contributed by atoms with van der Waals surface area (Å²) in [5, 5.41) is 6.52. The SMILES string of the molecule is CC(C)CNc1nccc(Nc2ccc(OCc3ccccc3)cc2)n1. The Bertz CT molecular complexity index is 804. The molecule has 3 rings (SSSR count). The summed E-state index contributed by atoms with van der Waals surface area (Å²) in [5.74, 6) is 2.76. The second-order valence-corrected chi connectivity index (χ2v) is 6.46. The third-order valence-corrected chi connectivity index (χ3v) is 3.70. The molecular weight excluding hydrogens is 324 g/mol. The lowest BCUT2D eigenvalue weighted by molar-refractivity contribution is 0.306. The zero-order chi connectivity index (χ0) is 18.2. The minimum atomic E-state index is 0.540. The van der Waals surface area contributed by atoms with Gasteiger partial charge in [-0.1, -0.05) is 44.2 Å². The number of nitrogens with one attached hydrogen (secondary N) is 2. The Morgan fingerprint density at radius 1 is 0.962 bits per heavy atom. The molecule has 1 aromatic heterocycles. The topological polar surface area (TPSA) is 59.1 Å². The van der Waals surface area contributed by atoms with Gasteiger partial charge in [0, 0.05) is 18.4 Å². The summed E-state index contributed by atoms with van der Waals surface area (Å²) in [6.45, 7) is 5.70. The van der Waals surface area contributed by atoms with Gasteiger partial charge in [0.25, 0.3) is 0 Å². The van der Waals surface area contributed by atoms with Crippen LogP contribution in [0.5, 0.6) is 5.75 Å². The maximum absolute atomic E-state index is 5.81. The van der Waals surface area contributed by atoms with Crippen molar-refractivity contribution in [3.05, 3.63) is 72.4 Å². The zero-order valence-corrected chi connectivity index (χ0v) is 15.1. The van der Waals surface area contributed by atoms with Crippen molar-refractivity contribution in [2.45, 2.75) is 20.5 Å². The van der Waals surface area contributed by atoms with Crippen LogP contribution in [0, 0.1) is 5.92 Å². The van der Waals surface area contributed by atoms with Crippen LogP contribution < -0.4 is 15.4 Å². The molecule has 26 heavy (non-hydrogen) atoms. The minimum Gasteiger partial charge on any atom is -0.489 e. The van der Waals surface area contributed by atoms with Gasteiger partial charge in [0.1, 0.15) is 18.2 Å². The van der Waals surface area contributed by atoms with E-state index >= 15 is 0 Å². The predicted molar refractivity (Wildman–Crippen MR) is 106 cm³/mol. The fraction of sp³-hybridized carbons (Fsp3) is 0.238. The highest BCUT2D eigenvalue weighted by atomic mass is 16.5. The molecule has 0 atom stereocenters. The average Bonchev–Trinajstić information content (AvgIpc) is 2.67. The van der Waals surface area contributed by atoms with E-state index in [1.54, 1.807) is 6.20 Å². The number of hydrogen-bond donors (Lipinski definition) is 2. The van der Waals surface area contributed by atoms with Gasteiger partial charge in [-0.05, 0) is 41.8 Å². The van der Waals surface area contributed by atoms with Crippen molar-refractivity contribution in [2.75, 3.05) is 17.2 Å². The molecule has 0 fully saturated rings. The first-order valence-electron chi connectivity index (χ1n) is 8.80. The van der Waals surface area contributed by atoms with Gasteiger partial charge in [0.2, 0.25) is 5.95 Å². The number of ether oxygens (including phenoxy) is 1. The summed E-state index contributed by atoms with van der Waals surface area (Å²) in [7, 11) is 0. The summed E-state index contributed by atoms with van der Waals surface area (Å²) in [4.78, 5) is 8.71. The molecule has 134 valence electrons. The lowest BCUT2D eigenvalue weighted by Crippen LogP contribution is -2.11. The molecule has 0 radical (unpaired) electrons. The van der Waals surface area contributed by atoms with Crippen molar-refractivity contribution < 1.29 is 4.74 Å². The Morgan fingerprint density at radius 2 is 1.73 bits per heavy atom. The van der Waals surface area contributed by atoms with Crippen molar-refractivity contribution in [3.8, 4) is 5.75 Å². The number of aromatic nitrogens is 2. The average molecular weight is 348 g/mol. The molecule has 0 saturated carbocycles. The smallest absolute Gasteiger partial charge is 0.224 e. The standard InChI is InChI=1S/C21H24N4O/c1-16(2)14-23-21-22-13-12-20(25-21)24-18-8-10-19(11-9-18)26-15-17-6-4-3-5-7-17/h3-13,16H,14-15H2,1-2H3,(H2,22,23,24,25). The van der Waals surface area contributed by atoms with Crippen molar-refractivity contribution in [2.24, 2.45) is 5.92 Å². The van der Waals surface area contributed by atoms with Gasteiger partial charge >= 0.3 is 0 Å². The molecule has 0 aliphatic carbocycles. The summed E-state index contributed by atoms with van der Waals surface area (Å²) in [5.41, 5.74) is 2.10. The molecule has 3 aromatic rings. The van der Waals surface area contributed by atoms with E-state index in [0.29, 0.717) is 18.5 Å². The minimum absolute atomic E-state index is 0.540. The molecule has 5 nitrogen and oxygen atoms in total. The Balaban J connectivity index is 1.56. The van der Waals surface area contributed by atoms with Crippen molar-refractivity contribution in [1.29, 1.82) is 0 Å². The monoisotopic (exact) mass is 348 g/mol. The molecule has 0 unspecified atom stereocenters. The molecule has 1 heterocycles. The molecule has 0 bridgehead atoms. The van der Waals surface area contributed by atoms with Gasteiger partial charge in [-0.2, -0.15) is 4.98 Å². The van der Waals surface area contributed by atoms with Gasteiger partial charge < -0.3 is 15.4 Å². The lowest BCUT2D eigenvalue weighted by atomic mass is 10.2. The molecule has 0 spiro atoms. The number of anilines is 3. The van der Waals surface area contributed by atoms with E-state index in [-0.39, 0.29) is 0 Å². The van der Waals surface area contributed by atoms with E-state index in [1.165, 1.54) is 0 Å². The van der Waals surface area contributed by atoms with E-state index < -0.39 is 0 Å². The summed E-state index contributed by atoms with van der Waals surface area (Å²) in [6, 6.07) is 19.8. The predicted octanol–water partition coefficient (Wildman–Crippen LogP) is 4.87. The van der Waals surface area contributed by atoms with Gasteiger partial charge in [-0.15, -0.1) is 0 Å². The summed E-state index contributed by atoms with van der Waals surface area (Å²) in [6.07, 6.45) is 1.75. The van der Waals surface area contributed by atoms with Crippen molar-refractivity contribution >= 4 is 17.5 Å². The highest BCUT2D eigenvalue weighted by molar-refractivity contribution is 5.57. The molecule has 0 aliphatic rings. The quantitative estimate of drug-likeness (QED) is 0.608. The fourth-order valence-electron chi connectivity index (χ4n) is 2.33. The van der Waals surface area contributed by atoms with Gasteiger partial charge in [-0.3, -0.25) is 0 Å². The van der Waals surface area contributed by atoms with E-state index in [1.807, 2.05) is 48.5 Å². The van der Waals surface area contributed by atoms with Crippen molar-refractivity contribution in [3.63, 3.8) is 0 Å². The first-order chi connectivity index (χ1) is 12.7. The van der Waals surface area contributed by atoms with Crippen LogP contribution in [0.2, 0.25) is 0 Å². The Kier molecular flexibility index (Phi) is 6.04. The lowest BCUT2D eigenvalue weighted by Gasteiger charge is -2.10. The van der Waals surface area contributed by atoms with Crippen LogP contribution in [0.15, 0.2) is 66.9 Å². The third kappa shape index (κ3) is 5.48. The number of hydrogen-bond acceptors (Lipinski definition) is 5. The zero-order valence-electron chi connectivity index (χ0n) is 15.1. The Labute approximate surface area is 154 Å². The molecule has 0 aliphatic heterocycles. The maximum atomic E-state index is 5.81. The highest BCUT2D eigenvalue weighted by Gasteiger charge is 2.02. The number of nitrogens with zero attached hydrogens (tertiary/aromatic N) is 2. The third-order valence-electron chi connectivity index (χ3n) is 3.70. The van der Waals surface area contributed by atoms with Gasteiger partial charge in [0.05, 0.1) is 0 Å². The van der Waals surface area contributed by atoms with Crippen LogP contribution >= 0.6 is 0 Å². The second kappa shape index (κ2) is 8.85. The van der Waals surface area contributed by atoms with E-state index in [2.05, 4.69) is 46.6 Å². The molecule has 2 N–H and O–H groups in total. The number of benzene rings is 2. The van der Waals surface area contributed by atoms with Crippen LogP contribution in [-0.2, 0) is 6.61 Å². The molecule has 5 heteroatoms. The largest absolute Gasteiger partial charge is 0.489 e. The van der Waals surface area contributed by atoms with Gasteiger partial charge in [-0.25, -0.2) is 4.98 Å². The first kappa shape index (κ1) is 17.7. The van der Waals surface area contributed by atoms with Crippen molar-refractivity contribution in [1.82, 2.24) is 9.97 Å². The van der Waals surface area contributed by atoms with Crippen LogP contribution in [-0.4, -0.2) is 16.5 Å². The Hall–Kier alpha value is -3.08. The Morgan fingerprint density at radius 3 is 2.46 bits per heavy atom.